The third kappa shape index (κ3) is 2.54. The number of rotatable bonds is 2. The maximum absolute atomic E-state index is 5.83. The lowest BCUT2D eigenvalue weighted by Crippen LogP contribution is -2.20. The maximum atomic E-state index is 5.83. The molecule has 0 spiro atoms. The van der Waals surface area contributed by atoms with Crippen LogP contribution in [0.15, 0.2) is 18.2 Å². The van der Waals surface area contributed by atoms with Crippen LogP contribution in [0.2, 0.25) is 0 Å². The molecular weight excluding hydrogens is 282 g/mol. The van der Waals surface area contributed by atoms with Gasteiger partial charge in [0.25, 0.3) is 0 Å². The number of benzene rings is 1. The summed E-state index contributed by atoms with van der Waals surface area (Å²) >= 11 is 1.53. The van der Waals surface area contributed by atoms with Crippen molar-refractivity contribution in [2.45, 2.75) is 6.42 Å². The molecule has 0 saturated heterocycles. The van der Waals surface area contributed by atoms with Gasteiger partial charge in [0.1, 0.15) is 11.3 Å². The molecule has 2 heterocycles. The molecule has 1 aliphatic heterocycles. The first-order valence-corrected chi connectivity index (χ1v) is 6.74. The van der Waals surface area contributed by atoms with Crippen LogP contribution < -0.4 is 15.8 Å². The molecule has 0 atom stereocenters. The van der Waals surface area contributed by atoms with Crippen molar-refractivity contribution in [3.05, 3.63) is 23.8 Å². The number of halogens is 1. The average Bonchev–Trinajstić information content (AvgIpc) is 2.80. The van der Waals surface area contributed by atoms with E-state index in [9.17, 15) is 0 Å². The van der Waals surface area contributed by atoms with Gasteiger partial charge in [-0.1, -0.05) is 17.4 Å². The number of nitrogen functional groups attached to an aromatic ring is 1. The van der Waals surface area contributed by atoms with Crippen molar-refractivity contribution in [3.8, 4) is 5.75 Å². The maximum Gasteiger partial charge on any atom is 0.181 e. The molecule has 102 valence electrons. The summed E-state index contributed by atoms with van der Waals surface area (Å²) in [6.45, 7) is 1.95. The number of nitrogens with one attached hydrogen (secondary N) is 1. The highest BCUT2D eigenvalue weighted by atomic mass is 35.5. The van der Waals surface area contributed by atoms with E-state index in [0.29, 0.717) is 5.13 Å². The number of nitrogens with two attached hydrogens (primary N) is 1. The summed E-state index contributed by atoms with van der Waals surface area (Å²) in [5.74, 6) is 0.788. The fourth-order valence-electron chi connectivity index (χ4n) is 2.28. The Kier molecular flexibility index (Phi) is 4.29. The molecule has 0 unspecified atom stereocenters. The molecule has 3 rings (SSSR count). The molecule has 19 heavy (non-hydrogen) atoms. The molecule has 1 aromatic heterocycles. The number of ether oxygens (including phenoxy) is 1. The Morgan fingerprint density at radius 2 is 2.26 bits per heavy atom. The Morgan fingerprint density at radius 1 is 1.42 bits per heavy atom. The number of methoxy groups -OCH3 is 1. The van der Waals surface area contributed by atoms with Gasteiger partial charge in [0.15, 0.2) is 5.13 Å². The third-order valence-corrected chi connectivity index (χ3v) is 4.07. The molecule has 3 N–H and O–H groups in total. The quantitative estimate of drug-likeness (QED) is 0.895. The summed E-state index contributed by atoms with van der Waals surface area (Å²) in [5.41, 5.74) is 9.31. The lowest BCUT2D eigenvalue weighted by atomic mass is 10.00. The van der Waals surface area contributed by atoms with Crippen LogP contribution in [0, 0.1) is 0 Å². The summed E-state index contributed by atoms with van der Waals surface area (Å²) in [4.78, 5) is 4.37. The predicted molar refractivity (Wildman–Crippen MR) is 83.3 cm³/mol. The van der Waals surface area contributed by atoms with E-state index in [2.05, 4.69) is 22.4 Å². The SMILES string of the molecule is COc1ccc(C2=CCNCC2)c2sc(N)nc12.Cl. The van der Waals surface area contributed by atoms with Crippen LogP contribution in [0.25, 0.3) is 15.8 Å². The molecule has 1 aliphatic rings. The van der Waals surface area contributed by atoms with Crippen molar-refractivity contribution < 1.29 is 4.74 Å². The Hall–Kier alpha value is -1.30. The van der Waals surface area contributed by atoms with E-state index in [1.54, 1.807) is 7.11 Å². The van der Waals surface area contributed by atoms with Crippen molar-refractivity contribution in [3.63, 3.8) is 0 Å². The lowest BCUT2D eigenvalue weighted by molar-refractivity contribution is 0.419. The van der Waals surface area contributed by atoms with Crippen LogP contribution in [0.3, 0.4) is 0 Å². The Morgan fingerprint density at radius 3 is 2.95 bits per heavy atom. The molecule has 0 saturated carbocycles. The van der Waals surface area contributed by atoms with E-state index in [0.717, 1.165) is 35.5 Å². The van der Waals surface area contributed by atoms with Gasteiger partial charge in [0, 0.05) is 6.54 Å². The van der Waals surface area contributed by atoms with E-state index in [1.807, 2.05) is 6.07 Å². The van der Waals surface area contributed by atoms with Gasteiger partial charge >= 0.3 is 0 Å². The minimum atomic E-state index is 0. The van der Waals surface area contributed by atoms with Gasteiger partial charge in [-0.25, -0.2) is 4.98 Å². The van der Waals surface area contributed by atoms with Crippen molar-refractivity contribution >= 4 is 44.7 Å². The summed E-state index contributed by atoms with van der Waals surface area (Å²) < 4.78 is 6.46. The minimum Gasteiger partial charge on any atom is -0.494 e. The molecule has 4 nitrogen and oxygen atoms in total. The van der Waals surface area contributed by atoms with Gasteiger partial charge in [-0.2, -0.15) is 0 Å². The first-order chi connectivity index (χ1) is 8.79. The highest BCUT2D eigenvalue weighted by molar-refractivity contribution is 7.22. The second kappa shape index (κ2) is 5.77. The molecule has 6 heteroatoms. The first kappa shape index (κ1) is 14.1. The number of hydrogen-bond donors (Lipinski definition) is 2. The number of nitrogens with zero attached hydrogens (tertiary/aromatic N) is 1. The Bertz CT molecular complexity index is 624. The molecule has 0 fully saturated rings. The van der Waals surface area contributed by atoms with Gasteiger partial charge in [0.05, 0.1) is 11.8 Å². The first-order valence-electron chi connectivity index (χ1n) is 5.92. The summed E-state index contributed by atoms with van der Waals surface area (Å²) in [5, 5.41) is 3.91. The smallest absolute Gasteiger partial charge is 0.181 e. The number of thiazole rings is 1. The molecular formula is C13H16ClN3OS. The van der Waals surface area contributed by atoms with Crippen LogP contribution in [0.1, 0.15) is 12.0 Å². The van der Waals surface area contributed by atoms with E-state index >= 15 is 0 Å². The second-order valence-electron chi connectivity index (χ2n) is 4.23. The fraction of sp³-hybridized carbons (Fsp3) is 0.308. The standard InChI is InChI=1S/C13H15N3OS.ClH/c1-17-10-3-2-9(8-4-6-15-7-5-8)12-11(10)16-13(14)18-12;/h2-4,15H,5-7H2,1H3,(H2,14,16);1H. The predicted octanol–water partition coefficient (Wildman–Crippen LogP) is 2.69. The zero-order valence-electron chi connectivity index (χ0n) is 10.6. The molecule has 0 amide bonds. The van der Waals surface area contributed by atoms with Gasteiger partial charge in [0.2, 0.25) is 0 Å². The Balaban J connectivity index is 0.00000133. The van der Waals surface area contributed by atoms with Gasteiger partial charge in [-0.05, 0) is 36.2 Å². The molecule has 1 aromatic carbocycles. The monoisotopic (exact) mass is 297 g/mol. The van der Waals surface area contributed by atoms with Crippen molar-refractivity contribution in [1.82, 2.24) is 10.3 Å². The minimum absolute atomic E-state index is 0. The summed E-state index contributed by atoms with van der Waals surface area (Å²) in [6.07, 6.45) is 3.28. The number of hydrogen-bond acceptors (Lipinski definition) is 5. The number of fused-ring (bicyclic) bond motifs is 1. The fourth-order valence-corrected chi connectivity index (χ4v) is 3.18. The highest BCUT2D eigenvalue weighted by Gasteiger charge is 2.15. The van der Waals surface area contributed by atoms with Crippen molar-refractivity contribution in [2.75, 3.05) is 25.9 Å². The average molecular weight is 298 g/mol. The van der Waals surface area contributed by atoms with Gasteiger partial charge < -0.3 is 15.8 Å². The van der Waals surface area contributed by atoms with E-state index in [-0.39, 0.29) is 12.4 Å². The third-order valence-electron chi connectivity index (χ3n) is 3.15. The highest BCUT2D eigenvalue weighted by Crippen LogP contribution is 2.37. The van der Waals surface area contributed by atoms with E-state index in [4.69, 9.17) is 10.5 Å². The topological polar surface area (TPSA) is 60.2 Å². The van der Waals surface area contributed by atoms with Crippen molar-refractivity contribution in [1.29, 1.82) is 0 Å². The number of aromatic nitrogens is 1. The zero-order valence-corrected chi connectivity index (χ0v) is 12.2. The Labute approximate surface area is 122 Å². The molecule has 0 aliphatic carbocycles. The van der Waals surface area contributed by atoms with Gasteiger partial charge in [-0.15, -0.1) is 12.4 Å². The van der Waals surface area contributed by atoms with Crippen LogP contribution in [0.5, 0.6) is 5.75 Å². The molecule has 2 aromatic rings. The summed E-state index contributed by atoms with van der Waals surface area (Å²) in [7, 11) is 1.66. The normalized spacial score (nSPS) is 14.9. The number of anilines is 1. The second-order valence-corrected chi connectivity index (χ2v) is 5.26. The van der Waals surface area contributed by atoms with E-state index in [1.165, 1.54) is 22.5 Å². The molecule has 0 bridgehead atoms. The van der Waals surface area contributed by atoms with E-state index < -0.39 is 0 Å². The van der Waals surface area contributed by atoms with Crippen molar-refractivity contribution in [2.24, 2.45) is 0 Å². The van der Waals surface area contributed by atoms with Crippen LogP contribution >= 0.6 is 23.7 Å². The van der Waals surface area contributed by atoms with Gasteiger partial charge in [-0.3, -0.25) is 0 Å². The van der Waals surface area contributed by atoms with Crippen LogP contribution in [-0.2, 0) is 0 Å². The van der Waals surface area contributed by atoms with Crippen LogP contribution in [-0.4, -0.2) is 25.2 Å². The summed E-state index contributed by atoms with van der Waals surface area (Å²) in [6, 6.07) is 4.08. The lowest BCUT2D eigenvalue weighted by Gasteiger charge is -2.15. The van der Waals surface area contributed by atoms with Crippen LogP contribution in [0.4, 0.5) is 5.13 Å². The zero-order chi connectivity index (χ0) is 12.5. The largest absolute Gasteiger partial charge is 0.494 e. The molecule has 0 radical (unpaired) electrons.